The van der Waals surface area contributed by atoms with E-state index in [4.69, 9.17) is 4.74 Å². The number of hydrogen-bond donors (Lipinski definition) is 0. The first-order valence-corrected chi connectivity index (χ1v) is 7.71. The molecular weight excluding hydrogens is 254 g/mol. The van der Waals surface area contributed by atoms with Crippen molar-refractivity contribution in [3.63, 3.8) is 0 Å². The van der Waals surface area contributed by atoms with Crippen molar-refractivity contribution < 1.29 is 9.53 Å². The Hall–Kier alpha value is -1.36. The zero-order chi connectivity index (χ0) is 13.8. The van der Waals surface area contributed by atoms with E-state index in [1.807, 2.05) is 16.9 Å². The summed E-state index contributed by atoms with van der Waals surface area (Å²) >= 11 is 0. The second-order valence-electron chi connectivity index (χ2n) is 5.80. The highest BCUT2D eigenvalue weighted by Crippen LogP contribution is 2.22. The number of carbonyl (C=O) groups is 1. The van der Waals surface area contributed by atoms with Crippen molar-refractivity contribution >= 4 is 5.91 Å². The maximum atomic E-state index is 12.5. The number of rotatable bonds is 4. The molecule has 0 spiro atoms. The van der Waals surface area contributed by atoms with Crippen molar-refractivity contribution in [1.82, 2.24) is 14.7 Å². The molecule has 0 saturated carbocycles. The standard InChI is InChI=1S/C15H23N3O2/c19-15(11-14-6-3-10-20-14)18-9-2-1-5-13(18)12-17-8-4-7-16-17/h4,7-8,13-14H,1-3,5-6,9-12H2/t13-,14+/m1/s1. The molecule has 0 aromatic carbocycles. The number of carbonyl (C=O) groups excluding carboxylic acids is 1. The normalized spacial score (nSPS) is 26.9. The van der Waals surface area contributed by atoms with Gasteiger partial charge in [-0.05, 0) is 38.2 Å². The van der Waals surface area contributed by atoms with Crippen LogP contribution in [0, 0.1) is 0 Å². The third kappa shape index (κ3) is 3.20. The van der Waals surface area contributed by atoms with Gasteiger partial charge in [-0.15, -0.1) is 0 Å². The lowest BCUT2D eigenvalue weighted by Gasteiger charge is -2.36. The summed E-state index contributed by atoms with van der Waals surface area (Å²) in [4.78, 5) is 14.6. The summed E-state index contributed by atoms with van der Waals surface area (Å²) in [5, 5.41) is 4.26. The number of hydrogen-bond acceptors (Lipinski definition) is 3. The minimum atomic E-state index is 0.148. The van der Waals surface area contributed by atoms with Gasteiger partial charge in [-0.1, -0.05) is 0 Å². The monoisotopic (exact) mass is 277 g/mol. The molecule has 20 heavy (non-hydrogen) atoms. The summed E-state index contributed by atoms with van der Waals surface area (Å²) in [7, 11) is 0. The molecular formula is C15H23N3O2. The molecule has 0 radical (unpaired) electrons. The van der Waals surface area contributed by atoms with Crippen LogP contribution in [0.25, 0.3) is 0 Å². The van der Waals surface area contributed by atoms with Gasteiger partial charge in [0.05, 0.1) is 25.1 Å². The molecule has 1 aromatic heterocycles. The summed E-state index contributed by atoms with van der Waals surface area (Å²) in [5.74, 6) is 0.258. The fraction of sp³-hybridized carbons (Fsp3) is 0.733. The Kier molecular flexibility index (Phi) is 4.35. The number of aromatic nitrogens is 2. The lowest BCUT2D eigenvalue weighted by molar-refractivity contribution is -0.137. The molecule has 1 amide bonds. The quantitative estimate of drug-likeness (QED) is 0.843. The van der Waals surface area contributed by atoms with E-state index >= 15 is 0 Å². The van der Waals surface area contributed by atoms with Gasteiger partial charge in [0.25, 0.3) is 0 Å². The van der Waals surface area contributed by atoms with E-state index < -0.39 is 0 Å². The van der Waals surface area contributed by atoms with Gasteiger partial charge >= 0.3 is 0 Å². The predicted molar refractivity (Wildman–Crippen MR) is 75.2 cm³/mol. The van der Waals surface area contributed by atoms with Gasteiger partial charge in [0, 0.05) is 25.5 Å². The Labute approximate surface area is 119 Å². The zero-order valence-corrected chi connectivity index (χ0v) is 11.9. The van der Waals surface area contributed by atoms with Gasteiger partial charge in [0.15, 0.2) is 0 Å². The van der Waals surface area contributed by atoms with Crippen LogP contribution < -0.4 is 0 Å². The van der Waals surface area contributed by atoms with E-state index in [1.165, 1.54) is 6.42 Å². The van der Waals surface area contributed by atoms with Crippen molar-refractivity contribution in [2.45, 2.75) is 57.2 Å². The SMILES string of the molecule is O=C(C[C@@H]1CCCO1)N1CCCC[C@@H]1Cn1cccn1. The molecule has 5 heteroatoms. The van der Waals surface area contributed by atoms with Crippen molar-refractivity contribution in [3.8, 4) is 0 Å². The fourth-order valence-corrected chi connectivity index (χ4v) is 3.26. The zero-order valence-electron chi connectivity index (χ0n) is 11.9. The van der Waals surface area contributed by atoms with E-state index in [1.54, 1.807) is 6.20 Å². The number of nitrogens with zero attached hydrogens (tertiary/aromatic N) is 3. The smallest absolute Gasteiger partial charge is 0.225 e. The van der Waals surface area contributed by atoms with Crippen LogP contribution in [-0.4, -0.2) is 45.9 Å². The first-order valence-electron chi connectivity index (χ1n) is 7.71. The van der Waals surface area contributed by atoms with Gasteiger partial charge < -0.3 is 9.64 Å². The average Bonchev–Trinajstić information content (AvgIpc) is 3.13. The molecule has 2 fully saturated rings. The largest absolute Gasteiger partial charge is 0.378 e. The Bertz CT molecular complexity index is 426. The van der Waals surface area contributed by atoms with Crippen LogP contribution >= 0.6 is 0 Å². The highest BCUT2D eigenvalue weighted by Gasteiger charge is 2.29. The van der Waals surface area contributed by atoms with Crippen molar-refractivity contribution in [3.05, 3.63) is 18.5 Å². The third-order valence-electron chi connectivity index (χ3n) is 4.33. The number of piperidine rings is 1. The number of ether oxygens (including phenoxy) is 1. The summed E-state index contributed by atoms with van der Waals surface area (Å²) < 4.78 is 7.52. The van der Waals surface area contributed by atoms with E-state index in [0.717, 1.165) is 45.4 Å². The van der Waals surface area contributed by atoms with Gasteiger partial charge in [0.2, 0.25) is 5.91 Å². The Morgan fingerprint density at radius 1 is 1.30 bits per heavy atom. The molecule has 0 unspecified atom stereocenters. The molecule has 2 aliphatic rings. The minimum Gasteiger partial charge on any atom is -0.378 e. The van der Waals surface area contributed by atoms with E-state index in [9.17, 15) is 4.79 Å². The third-order valence-corrected chi connectivity index (χ3v) is 4.33. The van der Waals surface area contributed by atoms with Crippen LogP contribution in [0.3, 0.4) is 0 Å². The van der Waals surface area contributed by atoms with Crippen LogP contribution in [0.2, 0.25) is 0 Å². The van der Waals surface area contributed by atoms with E-state index in [2.05, 4.69) is 10.00 Å². The summed E-state index contributed by atoms with van der Waals surface area (Å²) in [6.45, 7) is 2.51. The van der Waals surface area contributed by atoms with Crippen LogP contribution in [0.4, 0.5) is 0 Å². The summed E-state index contributed by atoms with van der Waals surface area (Å²) in [5.41, 5.74) is 0. The maximum absolute atomic E-state index is 12.5. The highest BCUT2D eigenvalue weighted by molar-refractivity contribution is 5.77. The first-order chi connectivity index (χ1) is 9.83. The van der Waals surface area contributed by atoms with Crippen LogP contribution in [0.1, 0.15) is 38.5 Å². The lowest BCUT2D eigenvalue weighted by atomic mass is 10.0. The summed E-state index contributed by atoms with van der Waals surface area (Å²) in [6, 6.07) is 2.22. The fourth-order valence-electron chi connectivity index (χ4n) is 3.26. The van der Waals surface area contributed by atoms with Crippen molar-refractivity contribution in [2.24, 2.45) is 0 Å². The first kappa shape index (κ1) is 13.6. The predicted octanol–water partition coefficient (Wildman–Crippen LogP) is 1.83. The lowest BCUT2D eigenvalue weighted by Crippen LogP contribution is -2.46. The van der Waals surface area contributed by atoms with Crippen LogP contribution in [0.5, 0.6) is 0 Å². The average molecular weight is 277 g/mol. The Morgan fingerprint density at radius 3 is 3.00 bits per heavy atom. The van der Waals surface area contributed by atoms with Crippen molar-refractivity contribution in [2.75, 3.05) is 13.2 Å². The van der Waals surface area contributed by atoms with E-state index in [-0.39, 0.29) is 18.1 Å². The molecule has 0 bridgehead atoms. The molecule has 110 valence electrons. The number of amides is 1. The Balaban J connectivity index is 1.60. The van der Waals surface area contributed by atoms with Crippen LogP contribution in [-0.2, 0) is 16.1 Å². The molecule has 0 N–H and O–H groups in total. The van der Waals surface area contributed by atoms with Gasteiger partial charge in [0.1, 0.15) is 0 Å². The van der Waals surface area contributed by atoms with E-state index in [0.29, 0.717) is 6.42 Å². The number of likely N-dealkylation sites (tertiary alicyclic amines) is 1. The molecule has 0 aliphatic carbocycles. The molecule has 3 heterocycles. The topological polar surface area (TPSA) is 47.4 Å². The molecule has 2 aliphatic heterocycles. The second kappa shape index (κ2) is 6.39. The summed E-state index contributed by atoms with van der Waals surface area (Å²) in [6.07, 6.45) is 9.99. The molecule has 5 nitrogen and oxygen atoms in total. The van der Waals surface area contributed by atoms with Crippen LogP contribution in [0.15, 0.2) is 18.5 Å². The molecule has 1 aromatic rings. The maximum Gasteiger partial charge on any atom is 0.225 e. The van der Waals surface area contributed by atoms with Gasteiger partial charge in [-0.2, -0.15) is 5.10 Å². The van der Waals surface area contributed by atoms with Gasteiger partial charge in [-0.3, -0.25) is 9.48 Å². The minimum absolute atomic E-state index is 0.148. The van der Waals surface area contributed by atoms with Gasteiger partial charge in [-0.25, -0.2) is 0 Å². The Morgan fingerprint density at radius 2 is 2.25 bits per heavy atom. The molecule has 2 atom stereocenters. The molecule has 2 saturated heterocycles. The molecule has 3 rings (SSSR count). The second-order valence-corrected chi connectivity index (χ2v) is 5.80. The highest BCUT2D eigenvalue weighted by atomic mass is 16.5. The van der Waals surface area contributed by atoms with Crippen molar-refractivity contribution in [1.29, 1.82) is 0 Å².